The lowest BCUT2D eigenvalue weighted by Crippen LogP contribution is -2.20. The zero-order valence-electron chi connectivity index (χ0n) is 13.4. The third kappa shape index (κ3) is 4.00. The van der Waals surface area contributed by atoms with E-state index in [0.717, 1.165) is 0 Å². The van der Waals surface area contributed by atoms with Gasteiger partial charge in [0.1, 0.15) is 11.6 Å². The van der Waals surface area contributed by atoms with Gasteiger partial charge in [0.15, 0.2) is 18.5 Å². The summed E-state index contributed by atoms with van der Waals surface area (Å²) < 4.78 is 23.2. The van der Waals surface area contributed by atoms with Crippen LogP contribution < -0.4 is 10.3 Å². The molecule has 0 saturated carbocycles. The van der Waals surface area contributed by atoms with Gasteiger partial charge in [-0.15, -0.1) is 0 Å². The molecular formula is C18H15FN2O4. The second kappa shape index (κ2) is 7.12. The largest absolute Gasteiger partial charge is 0.482 e. The van der Waals surface area contributed by atoms with Crippen LogP contribution in [0.15, 0.2) is 53.3 Å². The average molecular weight is 342 g/mol. The Morgan fingerprint density at radius 3 is 2.68 bits per heavy atom. The van der Waals surface area contributed by atoms with E-state index in [0.29, 0.717) is 16.7 Å². The first-order chi connectivity index (χ1) is 12.0. The molecule has 0 amide bonds. The standard InChI is InChI=1S/C18H15FN2O4/c1-11(17-20-15-5-3-2-4-14(15)18(23)21-17)25-16(22)10-24-13-8-6-12(19)7-9-13/h2-9,11H,10H2,1H3,(H,20,21,23)/t11-/m0/s1. The first-order valence-electron chi connectivity index (χ1n) is 7.60. The zero-order chi connectivity index (χ0) is 17.8. The van der Waals surface area contributed by atoms with E-state index in [2.05, 4.69) is 9.97 Å². The van der Waals surface area contributed by atoms with Gasteiger partial charge < -0.3 is 14.5 Å². The number of carbonyl (C=O) groups excluding carboxylic acids is 1. The Hall–Kier alpha value is -3.22. The summed E-state index contributed by atoms with van der Waals surface area (Å²) >= 11 is 0. The molecule has 1 N–H and O–H groups in total. The number of hydrogen-bond acceptors (Lipinski definition) is 5. The molecule has 0 bridgehead atoms. The molecule has 0 unspecified atom stereocenters. The van der Waals surface area contributed by atoms with Crippen LogP contribution in [0.5, 0.6) is 5.75 Å². The Labute approximate surface area is 142 Å². The minimum absolute atomic E-state index is 0.249. The van der Waals surface area contributed by atoms with Crippen molar-refractivity contribution < 1.29 is 18.7 Å². The number of nitrogens with one attached hydrogen (secondary N) is 1. The molecule has 1 aromatic heterocycles. The Bertz CT molecular complexity index is 953. The number of H-pyrrole nitrogens is 1. The van der Waals surface area contributed by atoms with Crippen molar-refractivity contribution in [1.29, 1.82) is 0 Å². The molecule has 0 aliphatic heterocycles. The number of ether oxygens (including phenoxy) is 2. The average Bonchev–Trinajstić information content (AvgIpc) is 2.61. The number of rotatable bonds is 5. The molecule has 7 heteroatoms. The van der Waals surface area contributed by atoms with E-state index in [1.807, 2.05) is 0 Å². The number of esters is 1. The highest BCUT2D eigenvalue weighted by atomic mass is 19.1. The smallest absolute Gasteiger partial charge is 0.344 e. The number of benzene rings is 2. The van der Waals surface area contributed by atoms with Crippen LogP contribution in [-0.4, -0.2) is 22.5 Å². The molecule has 3 rings (SSSR count). The van der Waals surface area contributed by atoms with Crippen molar-refractivity contribution in [3.63, 3.8) is 0 Å². The monoisotopic (exact) mass is 342 g/mol. The van der Waals surface area contributed by atoms with Crippen LogP contribution in [0.4, 0.5) is 4.39 Å². The first-order valence-corrected chi connectivity index (χ1v) is 7.60. The van der Waals surface area contributed by atoms with Crippen LogP contribution >= 0.6 is 0 Å². The van der Waals surface area contributed by atoms with Crippen molar-refractivity contribution >= 4 is 16.9 Å². The predicted molar refractivity (Wildman–Crippen MR) is 88.8 cm³/mol. The van der Waals surface area contributed by atoms with Gasteiger partial charge in [-0.2, -0.15) is 0 Å². The van der Waals surface area contributed by atoms with Crippen LogP contribution in [0.3, 0.4) is 0 Å². The second-order valence-electron chi connectivity index (χ2n) is 5.34. The van der Waals surface area contributed by atoms with Crippen molar-refractivity contribution in [3.8, 4) is 5.75 Å². The summed E-state index contributed by atoms with van der Waals surface area (Å²) in [6, 6.07) is 12.2. The van der Waals surface area contributed by atoms with E-state index in [4.69, 9.17) is 9.47 Å². The number of nitrogens with zero attached hydrogens (tertiary/aromatic N) is 1. The third-order valence-corrected chi connectivity index (χ3v) is 3.49. The molecule has 6 nitrogen and oxygen atoms in total. The quantitative estimate of drug-likeness (QED) is 0.721. The van der Waals surface area contributed by atoms with Gasteiger partial charge in [-0.3, -0.25) is 4.79 Å². The number of halogens is 1. The van der Waals surface area contributed by atoms with Crippen molar-refractivity contribution in [2.45, 2.75) is 13.0 Å². The van der Waals surface area contributed by atoms with E-state index < -0.39 is 17.9 Å². The third-order valence-electron chi connectivity index (χ3n) is 3.49. The number of fused-ring (bicyclic) bond motifs is 1. The maximum Gasteiger partial charge on any atom is 0.344 e. The highest BCUT2D eigenvalue weighted by Gasteiger charge is 2.16. The van der Waals surface area contributed by atoms with Gasteiger partial charge in [0, 0.05) is 0 Å². The maximum absolute atomic E-state index is 12.8. The molecule has 0 radical (unpaired) electrons. The molecule has 0 aliphatic carbocycles. The van der Waals surface area contributed by atoms with Crippen molar-refractivity contribution in [1.82, 2.24) is 9.97 Å². The lowest BCUT2D eigenvalue weighted by atomic mass is 10.2. The number of carbonyl (C=O) groups is 1. The topological polar surface area (TPSA) is 81.3 Å². The summed E-state index contributed by atoms with van der Waals surface area (Å²) in [6.45, 7) is 1.26. The molecule has 1 heterocycles. The molecule has 2 aromatic carbocycles. The van der Waals surface area contributed by atoms with E-state index in [1.54, 1.807) is 31.2 Å². The second-order valence-corrected chi connectivity index (χ2v) is 5.34. The van der Waals surface area contributed by atoms with Crippen LogP contribution in [-0.2, 0) is 9.53 Å². The minimum atomic E-state index is -0.748. The maximum atomic E-state index is 12.8. The normalized spacial score (nSPS) is 11.9. The SMILES string of the molecule is C[C@H](OC(=O)COc1ccc(F)cc1)c1nc2ccccc2c(=O)[nH]1. The fraction of sp³-hybridized carbons (Fsp3) is 0.167. The van der Waals surface area contributed by atoms with Crippen molar-refractivity contribution in [3.05, 3.63) is 70.5 Å². The van der Waals surface area contributed by atoms with Crippen molar-refractivity contribution in [2.75, 3.05) is 6.61 Å². The highest BCUT2D eigenvalue weighted by Crippen LogP contribution is 2.15. The van der Waals surface area contributed by atoms with Gasteiger partial charge in [0.2, 0.25) is 0 Å². The van der Waals surface area contributed by atoms with Crippen LogP contribution in [0.25, 0.3) is 10.9 Å². The van der Waals surface area contributed by atoms with Crippen LogP contribution in [0.2, 0.25) is 0 Å². The fourth-order valence-corrected chi connectivity index (χ4v) is 2.26. The lowest BCUT2D eigenvalue weighted by molar-refractivity contribution is -0.151. The molecule has 0 fully saturated rings. The van der Waals surface area contributed by atoms with Crippen LogP contribution in [0, 0.1) is 5.82 Å². The van der Waals surface area contributed by atoms with Gasteiger partial charge in [0.05, 0.1) is 10.9 Å². The van der Waals surface area contributed by atoms with Crippen LogP contribution in [0.1, 0.15) is 18.9 Å². The Kier molecular flexibility index (Phi) is 4.74. The summed E-state index contributed by atoms with van der Waals surface area (Å²) in [5.41, 5.74) is 0.220. The molecule has 0 saturated heterocycles. The Morgan fingerprint density at radius 1 is 1.20 bits per heavy atom. The highest BCUT2D eigenvalue weighted by molar-refractivity contribution is 5.77. The number of para-hydroxylation sites is 1. The molecule has 1 atom stereocenters. The van der Waals surface area contributed by atoms with Gasteiger partial charge in [-0.1, -0.05) is 12.1 Å². The van der Waals surface area contributed by atoms with Gasteiger partial charge in [0.25, 0.3) is 5.56 Å². The molecule has 25 heavy (non-hydrogen) atoms. The number of aromatic nitrogens is 2. The summed E-state index contributed by atoms with van der Waals surface area (Å²) in [4.78, 5) is 30.8. The lowest BCUT2D eigenvalue weighted by Gasteiger charge is -2.13. The van der Waals surface area contributed by atoms with E-state index in [1.165, 1.54) is 24.3 Å². The molecule has 128 valence electrons. The van der Waals surface area contributed by atoms with E-state index in [9.17, 15) is 14.0 Å². The van der Waals surface area contributed by atoms with Crippen molar-refractivity contribution in [2.24, 2.45) is 0 Å². The van der Waals surface area contributed by atoms with Gasteiger partial charge >= 0.3 is 5.97 Å². The van der Waals surface area contributed by atoms with Gasteiger partial charge in [-0.25, -0.2) is 14.2 Å². The number of hydrogen-bond donors (Lipinski definition) is 1. The summed E-state index contributed by atoms with van der Waals surface area (Å²) in [5.74, 6) is -0.426. The number of aromatic amines is 1. The molecular weight excluding hydrogens is 327 g/mol. The zero-order valence-corrected chi connectivity index (χ0v) is 13.4. The first kappa shape index (κ1) is 16.6. The summed E-state index contributed by atoms with van der Waals surface area (Å²) in [5, 5.41) is 0.462. The molecule has 3 aromatic rings. The minimum Gasteiger partial charge on any atom is -0.482 e. The van der Waals surface area contributed by atoms with Gasteiger partial charge in [-0.05, 0) is 43.3 Å². The Balaban J connectivity index is 1.65. The molecule has 0 spiro atoms. The Morgan fingerprint density at radius 2 is 1.92 bits per heavy atom. The summed E-state index contributed by atoms with van der Waals surface area (Å²) in [6.07, 6.45) is -0.748. The fourth-order valence-electron chi connectivity index (χ4n) is 2.26. The molecule has 0 aliphatic rings. The summed E-state index contributed by atoms with van der Waals surface area (Å²) in [7, 11) is 0. The predicted octanol–water partition coefficient (Wildman–Crippen LogP) is 2.75. The van der Waals surface area contributed by atoms with E-state index in [-0.39, 0.29) is 18.0 Å². The van der Waals surface area contributed by atoms with E-state index >= 15 is 0 Å².